The van der Waals surface area contributed by atoms with E-state index in [9.17, 15) is 0 Å². The number of nitrogens with two attached hydrogens (primary N) is 1. The molecule has 164 valence electrons. The van der Waals surface area contributed by atoms with E-state index in [0.717, 1.165) is 13.1 Å². The molecule has 3 nitrogen and oxygen atoms in total. The molecule has 1 unspecified atom stereocenters. The fourth-order valence-electron chi connectivity index (χ4n) is 3.72. The highest BCUT2D eigenvalue weighted by Crippen LogP contribution is 2.14. The second-order valence-electron chi connectivity index (χ2n) is 8.43. The summed E-state index contributed by atoms with van der Waals surface area (Å²) in [6, 6.07) is 0. The molecule has 0 amide bonds. The summed E-state index contributed by atoms with van der Waals surface area (Å²) in [7, 11) is 0. The van der Waals surface area contributed by atoms with E-state index in [1.165, 1.54) is 116 Å². The van der Waals surface area contributed by atoms with Gasteiger partial charge in [0, 0.05) is 13.1 Å². The van der Waals surface area contributed by atoms with E-state index in [2.05, 4.69) is 24.5 Å². The number of rotatable bonds is 23. The van der Waals surface area contributed by atoms with E-state index < -0.39 is 0 Å². The van der Waals surface area contributed by atoms with Crippen LogP contribution in [0.15, 0.2) is 0 Å². The zero-order valence-corrected chi connectivity index (χ0v) is 19.0. The highest BCUT2D eigenvalue weighted by molar-refractivity contribution is 4.58. The van der Waals surface area contributed by atoms with Gasteiger partial charge in [0.1, 0.15) is 0 Å². The smallest absolute Gasteiger partial charge is 0.0542 e. The summed E-state index contributed by atoms with van der Waals surface area (Å²) >= 11 is 0. The number of hydrogen-bond donors (Lipinski definition) is 3. The Kier molecular flexibility index (Phi) is 23.8. The quantitative estimate of drug-likeness (QED) is 0.139. The Bertz CT molecular complexity index is 258. The summed E-state index contributed by atoms with van der Waals surface area (Å²) in [6.07, 6.45) is 26.3. The lowest BCUT2D eigenvalue weighted by atomic mass is 10.0. The molecule has 0 rings (SSSR count). The molecular weight excluding hydrogens is 330 g/mol. The van der Waals surface area contributed by atoms with Crippen molar-refractivity contribution < 1.29 is 0 Å². The lowest BCUT2D eigenvalue weighted by Gasteiger charge is -2.14. The Morgan fingerprint density at radius 1 is 0.519 bits per heavy atom. The molecule has 0 aromatic heterocycles. The van der Waals surface area contributed by atoms with Crippen LogP contribution in [0.2, 0.25) is 0 Å². The molecule has 0 aliphatic rings. The molecule has 0 aliphatic heterocycles. The lowest BCUT2D eigenvalue weighted by molar-refractivity contribution is 0.446. The molecular formula is C24H53N3. The van der Waals surface area contributed by atoms with Crippen LogP contribution in [-0.2, 0) is 0 Å². The van der Waals surface area contributed by atoms with Gasteiger partial charge in [-0.1, -0.05) is 116 Å². The Balaban J connectivity index is 3.03. The van der Waals surface area contributed by atoms with Crippen molar-refractivity contribution in [2.75, 3.05) is 19.6 Å². The van der Waals surface area contributed by atoms with Gasteiger partial charge in [0.15, 0.2) is 0 Å². The summed E-state index contributed by atoms with van der Waals surface area (Å²) in [5, 5.41) is 6.86. The molecule has 0 fully saturated rings. The van der Waals surface area contributed by atoms with Gasteiger partial charge in [0.25, 0.3) is 0 Å². The van der Waals surface area contributed by atoms with Crippen LogP contribution in [0.1, 0.15) is 129 Å². The SMILES string of the molecule is CCCCCCCCCCCCCCCCCCCCNC(C)NCCN. The van der Waals surface area contributed by atoms with Crippen LogP contribution in [0.3, 0.4) is 0 Å². The summed E-state index contributed by atoms with van der Waals surface area (Å²) < 4.78 is 0. The summed E-state index contributed by atoms with van der Waals surface area (Å²) in [5.41, 5.74) is 5.49. The molecule has 0 radical (unpaired) electrons. The predicted octanol–water partition coefficient (Wildman–Crippen LogP) is 6.51. The van der Waals surface area contributed by atoms with Gasteiger partial charge in [-0.05, 0) is 19.9 Å². The van der Waals surface area contributed by atoms with Gasteiger partial charge in [-0.25, -0.2) is 0 Å². The standard InChI is InChI=1S/C24H53N3/c1-3-4-5-6-7-8-9-10-11-12-13-14-15-16-17-18-19-20-22-26-24(2)27-23-21-25/h24,26-27H,3-23,25H2,1-2H3. The first-order chi connectivity index (χ1) is 13.3. The monoisotopic (exact) mass is 383 g/mol. The summed E-state index contributed by atoms with van der Waals surface area (Å²) in [5.74, 6) is 0. The maximum absolute atomic E-state index is 5.49. The average Bonchev–Trinajstić information content (AvgIpc) is 2.68. The molecule has 0 saturated heterocycles. The Hall–Kier alpha value is -0.120. The molecule has 0 aromatic carbocycles. The number of nitrogens with one attached hydrogen (secondary N) is 2. The Morgan fingerprint density at radius 3 is 1.22 bits per heavy atom. The van der Waals surface area contributed by atoms with Crippen LogP contribution in [0, 0.1) is 0 Å². The van der Waals surface area contributed by atoms with E-state index in [-0.39, 0.29) is 0 Å². The van der Waals surface area contributed by atoms with Crippen LogP contribution in [0.5, 0.6) is 0 Å². The molecule has 0 saturated carbocycles. The highest BCUT2D eigenvalue weighted by atomic mass is 15.1. The van der Waals surface area contributed by atoms with E-state index in [4.69, 9.17) is 5.73 Å². The molecule has 0 aliphatic carbocycles. The molecule has 0 aromatic rings. The molecule has 1 atom stereocenters. The Morgan fingerprint density at radius 2 is 0.852 bits per heavy atom. The van der Waals surface area contributed by atoms with E-state index in [0.29, 0.717) is 12.7 Å². The van der Waals surface area contributed by atoms with Crippen molar-refractivity contribution in [3.63, 3.8) is 0 Å². The minimum atomic E-state index is 0.388. The highest BCUT2D eigenvalue weighted by Gasteiger charge is 1.98. The van der Waals surface area contributed by atoms with Crippen LogP contribution >= 0.6 is 0 Å². The molecule has 0 spiro atoms. The maximum atomic E-state index is 5.49. The zero-order valence-electron chi connectivity index (χ0n) is 19.0. The van der Waals surface area contributed by atoms with Gasteiger partial charge in [-0.15, -0.1) is 0 Å². The van der Waals surface area contributed by atoms with Crippen LogP contribution in [0.4, 0.5) is 0 Å². The van der Waals surface area contributed by atoms with E-state index in [1.54, 1.807) is 0 Å². The van der Waals surface area contributed by atoms with Crippen molar-refractivity contribution in [2.24, 2.45) is 5.73 Å². The van der Waals surface area contributed by atoms with Crippen molar-refractivity contribution in [3.8, 4) is 0 Å². The normalized spacial score (nSPS) is 12.6. The molecule has 4 N–H and O–H groups in total. The largest absolute Gasteiger partial charge is 0.329 e. The first-order valence-corrected chi connectivity index (χ1v) is 12.5. The van der Waals surface area contributed by atoms with Crippen LogP contribution in [-0.4, -0.2) is 25.8 Å². The Labute approximate surface area is 172 Å². The first kappa shape index (κ1) is 26.9. The van der Waals surface area contributed by atoms with E-state index in [1.807, 2.05) is 0 Å². The van der Waals surface area contributed by atoms with Crippen molar-refractivity contribution in [2.45, 2.75) is 136 Å². The number of unbranched alkanes of at least 4 members (excludes halogenated alkanes) is 17. The number of hydrogen-bond acceptors (Lipinski definition) is 3. The molecule has 0 heterocycles. The minimum Gasteiger partial charge on any atom is -0.329 e. The van der Waals surface area contributed by atoms with Gasteiger partial charge < -0.3 is 16.4 Å². The third kappa shape index (κ3) is 23.8. The molecule has 3 heteroatoms. The molecule has 0 bridgehead atoms. The minimum absolute atomic E-state index is 0.388. The van der Waals surface area contributed by atoms with Crippen molar-refractivity contribution >= 4 is 0 Å². The molecule has 27 heavy (non-hydrogen) atoms. The third-order valence-electron chi connectivity index (χ3n) is 5.58. The summed E-state index contributed by atoms with van der Waals surface area (Å²) in [4.78, 5) is 0. The maximum Gasteiger partial charge on any atom is 0.0542 e. The second kappa shape index (κ2) is 23.9. The topological polar surface area (TPSA) is 50.1 Å². The lowest BCUT2D eigenvalue weighted by Crippen LogP contribution is -2.42. The zero-order chi connectivity index (χ0) is 19.8. The van der Waals surface area contributed by atoms with Gasteiger partial charge in [0.05, 0.1) is 6.17 Å². The van der Waals surface area contributed by atoms with Crippen molar-refractivity contribution in [1.82, 2.24) is 10.6 Å². The summed E-state index contributed by atoms with van der Waals surface area (Å²) in [6.45, 7) is 7.20. The van der Waals surface area contributed by atoms with E-state index >= 15 is 0 Å². The van der Waals surface area contributed by atoms with Crippen molar-refractivity contribution in [3.05, 3.63) is 0 Å². The van der Waals surface area contributed by atoms with Gasteiger partial charge in [-0.3, -0.25) is 0 Å². The van der Waals surface area contributed by atoms with Gasteiger partial charge >= 0.3 is 0 Å². The van der Waals surface area contributed by atoms with Gasteiger partial charge in [0.2, 0.25) is 0 Å². The first-order valence-electron chi connectivity index (χ1n) is 12.5. The van der Waals surface area contributed by atoms with Crippen molar-refractivity contribution in [1.29, 1.82) is 0 Å². The fraction of sp³-hybridized carbons (Fsp3) is 1.00. The van der Waals surface area contributed by atoms with Gasteiger partial charge in [-0.2, -0.15) is 0 Å². The van der Waals surface area contributed by atoms with Crippen LogP contribution < -0.4 is 16.4 Å². The average molecular weight is 384 g/mol. The van der Waals surface area contributed by atoms with Crippen LogP contribution in [0.25, 0.3) is 0 Å². The third-order valence-corrected chi connectivity index (χ3v) is 5.58. The second-order valence-corrected chi connectivity index (χ2v) is 8.43. The fourth-order valence-corrected chi connectivity index (χ4v) is 3.72. The predicted molar refractivity (Wildman–Crippen MR) is 123 cm³/mol.